The molecule has 2 aromatic rings. The summed E-state index contributed by atoms with van der Waals surface area (Å²) in [6, 6.07) is 8.30. The number of aromatic nitrogens is 1. The maximum absolute atomic E-state index is 5.47. The van der Waals surface area contributed by atoms with E-state index in [1.165, 1.54) is 10.4 Å². The van der Waals surface area contributed by atoms with Crippen molar-refractivity contribution in [1.82, 2.24) is 10.3 Å². The smallest absolute Gasteiger partial charge is 0.122 e. The van der Waals surface area contributed by atoms with Gasteiger partial charge >= 0.3 is 0 Å². The standard InChI is InChI=1S/C17H24N2OS/c1-4-18-11-14(10-16-12-19-13(2)21-16)9-15-7-5-6-8-17(15)20-3/h5-8,12,14,18H,4,9-11H2,1-3H3. The third-order valence-electron chi connectivity index (χ3n) is 3.54. The quantitative estimate of drug-likeness (QED) is 0.811. The van der Waals surface area contributed by atoms with Gasteiger partial charge in [-0.15, -0.1) is 11.3 Å². The Balaban J connectivity index is 2.08. The summed E-state index contributed by atoms with van der Waals surface area (Å²) in [5.74, 6) is 1.54. The van der Waals surface area contributed by atoms with Crippen molar-refractivity contribution in [3.63, 3.8) is 0 Å². The largest absolute Gasteiger partial charge is 0.496 e. The first kappa shape index (κ1) is 16.0. The fourth-order valence-electron chi connectivity index (χ4n) is 2.53. The average Bonchev–Trinajstić information content (AvgIpc) is 2.90. The van der Waals surface area contributed by atoms with E-state index in [2.05, 4.69) is 36.3 Å². The van der Waals surface area contributed by atoms with Crippen LogP contribution in [0.15, 0.2) is 30.5 Å². The van der Waals surface area contributed by atoms with Crippen molar-refractivity contribution in [2.75, 3.05) is 20.2 Å². The number of ether oxygens (including phenoxy) is 1. The van der Waals surface area contributed by atoms with Gasteiger partial charge in [0, 0.05) is 11.1 Å². The normalized spacial score (nSPS) is 12.3. The predicted octanol–water partition coefficient (Wildman–Crippen LogP) is 3.47. The van der Waals surface area contributed by atoms with Gasteiger partial charge in [0.2, 0.25) is 0 Å². The zero-order valence-electron chi connectivity index (χ0n) is 13.1. The molecule has 114 valence electrons. The Morgan fingerprint density at radius 3 is 2.76 bits per heavy atom. The van der Waals surface area contributed by atoms with Gasteiger partial charge in [0.05, 0.1) is 12.1 Å². The highest BCUT2D eigenvalue weighted by molar-refractivity contribution is 7.11. The highest BCUT2D eigenvalue weighted by Crippen LogP contribution is 2.24. The van der Waals surface area contributed by atoms with Crippen molar-refractivity contribution in [1.29, 1.82) is 0 Å². The second-order valence-electron chi connectivity index (χ2n) is 5.24. The highest BCUT2D eigenvalue weighted by Gasteiger charge is 2.14. The van der Waals surface area contributed by atoms with Crippen molar-refractivity contribution < 1.29 is 4.74 Å². The second kappa shape index (κ2) is 8.15. The van der Waals surface area contributed by atoms with E-state index in [0.29, 0.717) is 5.92 Å². The highest BCUT2D eigenvalue weighted by atomic mass is 32.1. The topological polar surface area (TPSA) is 34.2 Å². The number of hydrogen-bond donors (Lipinski definition) is 1. The maximum Gasteiger partial charge on any atom is 0.122 e. The minimum atomic E-state index is 0.557. The van der Waals surface area contributed by atoms with Gasteiger partial charge in [-0.2, -0.15) is 0 Å². The molecule has 0 bridgehead atoms. The Kier molecular flexibility index (Phi) is 6.21. The molecule has 0 saturated carbocycles. The summed E-state index contributed by atoms with van der Waals surface area (Å²) in [6.07, 6.45) is 4.10. The molecule has 3 nitrogen and oxygen atoms in total. The molecule has 1 aromatic heterocycles. The van der Waals surface area contributed by atoms with Crippen molar-refractivity contribution in [2.24, 2.45) is 5.92 Å². The molecule has 21 heavy (non-hydrogen) atoms. The molecular weight excluding hydrogens is 280 g/mol. The first-order chi connectivity index (χ1) is 10.2. The monoisotopic (exact) mass is 304 g/mol. The number of nitrogens with zero attached hydrogens (tertiary/aromatic N) is 1. The molecule has 1 unspecified atom stereocenters. The predicted molar refractivity (Wildman–Crippen MR) is 89.3 cm³/mol. The van der Waals surface area contributed by atoms with Crippen LogP contribution in [-0.2, 0) is 12.8 Å². The van der Waals surface area contributed by atoms with E-state index < -0.39 is 0 Å². The number of aryl methyl sites for hydroxylation is 1. The van der Waals surface area contributed by atoms with E-state index in [4.69, 9.17) is 4.74 Å². The van der Waals surface area contributed by atoms with E-state index in [1.54, 1.807) is 18.4 Å². The van der Waals surface area contributed by atoms with Crippen molar-refractivity contribution in [3.05, 3.63) is 45.9 Å². The molecule has 0 aliphatic rings. The molecule has 0 aliphatic carbocycles. The van der Waals surface area contributed by atoms with Crippen LogP contribution in [0.3, 0.4) is 0 Å². The third kappa shape index (κ3) is 4.83. The van der Waals surface area contributed by atoms with Crippen molar-refractivity contribution in [3.8, 4) is 5.75 Å². The molecule has 4 heteroatoms. The van der Waals surface area contributed by atoms with E-state index in [9.17, 15) is 0 Å². The van der Waals surface area contributed by atoms with Gasteiger partial charge in [-0.3, -0.25) is 0 Å². The van der Waals surface area contributed by atoms with Gasteiger partial charge in [-0.05, 0) is 50.4 Å². The molecule has 0 spiro atoms. The molecule has 0 radical (unpaired) electrons. The summed E-state index contributed by atoms with van der Waals surface area (Å²) in [7, 11) is 1.74. The zero-order valence-corrected chi connectivity index (χ0v) is 13.9. The van der Waals surface area contributed by atoms with Crippen molar-refractivity contribution in [2.45, 2.75) is 26.7 Å². The van der Waals surface area contributed by atoms with Crippen molar-refractivity contribution >= 4 is 11.3 Å². The molecule has 0 saturated heterocycles. The van der Waals surface area contributed by atoms with Gasteiger partial charge in [0.15, 0.2) is 0 Å². The van der Waals surface area contributed by atoms with E-state index in [1.807, 2.05) is 18.3 Å². The SMILES string of the molecule is CCNCC(Cc1cnc(C)s1)Cc1ccccc1OC. The number of benzene rings is 1. The lowest BCUT2D eigenvalue weighted by Crippen LogP contribution is -2.25. The van der Waals surface area contributed by atoms with E-state index >= 15 is 0 Å². The van der Waals surface area contributed by atoms with Gasteiger partial charge in [-0.1, -0.05) is 25.1 Å². The Morgan fingerprint density at radius 2 is 2.10 bits per heavy atom. The maximum atomic E-state index is 5.47. The fraction of sp³-hybridized carbons (Fsp3) is 0.471. The van der Waals surface area contributed by atoms with Gasteiger partial charge < -0.3 is 10.1 Å². The summed E-state index contributed by atoms with van der Waals surface area (Å²) >= 11 is 1.80. The zero-order chi connectivity index (χ0) is 15.1. The van der Waals surface area contributed by atoms with Crippen LogP contribution in [0.1, 0.15) is 22.4 Å². The number of methoxy groups -OCH3 is 1. The molecule has 0 fully saturated rings. The molecule has 1 heterocycles. The lowest BCUT2D eigenvalue weighted by molar-refractivity contribution is 0.401. The van der Waals surface area contributed by atoms with Crippen LogP contribution >= 0.6 is 11.3 Å². The van der Waals surface area contributed by atoms with Crippen LogP contribution in [0.5, 0.6) is 5.75 Å². The summed E-state index contributed by atoms with van der Waals surface area (Å²) in [6.45, 7) is 6.24. The number of hydrogen-bond acceptors (Lipinski definition) is 4. The van der Waals surface area contributed by atoms with Gasteiger partial charge in [0.25, 0.3) is 0 Å². The van der Waals surface area contributed by atoms with Gasteiger partial charge in [0.1, 0.15) is 5.75 Å². The minimum absolute atomic E-state index is 0.557. The Bertz CT molecular complexity index is 553. The molecule has 1 N–H and O–H groups in total. The molecular formula is C17H24N2OS. The molecule has 1 atom stereocenters. The number of para-hydroxylation sites is 1. The summed E-state index contributed by atoms with van der Waals surface area (Å²) in [5, 5.41) is 4.62. The lowest BCUT2D eigenvalue weighted by atomic mass is 9.95. The fourth-order valence-corrected chi connectivity index (χ4v) is 3.44. The summed E-state index contributed by atoms with van der Waals surface area (Å²) in [5.41, 5.74) is 1.28. The number of thiazole rings is 1. The Morgan fingerprint density at radius 1 is 1.29 bits per heavy atom. The van der Waals surface area contributed by atoms with Crippen LogP contribution in [0.2, 0.25) is 0 Å². The number of nitrogens with one attached hydrogen (secondary N) is 1. The Labute approximate surface area is 131 Å². The van der Waals surface area contributed by atoms with Crippen LogP contribution in [0, 0.1) is 12.8 Å². The van der Waals surface area contributed by atoms with Crippen LogP contribution < -0.4 is 10.1 Å². The molecule has 0 aliphatic heterocycles. The summed E-state index contributed by atoms with van der Waals surface area (Å²) in [4.78, 5) is 5.73. The molecule has 1 aromatic carbocycles. The van der Waals surface area contributed by atoms with Crippen LogP contribution in [-0.4, -0.2) is 25.2 Å². The van der Waals surface area contributed by atoms with Gasteiger partial charge in [-0.25, -0.2) is 4.98 Å². The lowest BCUT2D eigenvalue weighted by Gasteiger charge is -2.18. The van der Waals surface area contributed by atoms with E-state index in [0.717, 1.165) is 36.7 Å². The van der Waals surface area contributed by atoms with Crippen LogP contribution in [0.25, 0.3) is 0 Å². The van der Waals surface area contributed by atoms with Crippen LogP contribution in [0.4, 0.5) is 0 Å². The molecule has 0 amide bonds. The first-order valence-electron chi connectivity index (χ1n) is 7.46. The Hall–Kier alpha value is -1.39. The van der Waals surface area contributed by atoms with E-state index in [-0.39, 0.29) is 0 Å². The summed E-state index contributed by atoms with van der Waals surface area (Å²) < 4.78 is 5.47. The minimum Gasteiger partial charge on any atom is -0.496 e. The molecule has 2 rings (SSSR count). The first-order valence-corrected chi connectivity index (χ1v) is 8.28. The average molecular weight is 304 g/mol. The second-order valence-corrected chi connectivity index (χ2v) is 6.56. The number of rotatable bonds is 8. The third-order valence-corrected chi connectivity index (χ3v) is 4.48.